The van der Waals surface area contributed by atoms with Crippen LogP contribution in [0, 0.1) is 5.92 Å². The highest BCUT2D eigenvalue weighted by Crippen LogP contribution is 2.31. The van der Waals surface area contributed by atoms with Gasteiger partial charge in [-0.25, -0.2) is 0 Å². The van der Waals surface area contributed by atoms with Crippen molar-refractivity contribution in [1.82, 2.24) is 4.90 Å². The smallest absolute Gasteiger partial charge is 0.249 e. The number of aliphatic hydroxyl groups is 1. The van der Waals surface area contributed by atoms with Gasteiger partial charge in [0, 0.05) is 18.7 Å². The van der Waals surface area contributed by atoms with Gasteiger partial charge in [-0.3, -0.25) is 9.59 Å². The fourth-order valence-corrected chi connectivity index (χ4v) is 3.69. The van der Waals surface area contributed by atoms with E-state index in [0.29, 0.717) is 18.7 Å². The molecule has 0 saturated carbocycles. The molecule has 3 rings (SSSR count). The van der Waals surface area contributed by atoms with Gasteiger partial charge >= 0.3 is 0 Å². The summed E-state index contributed by atoms with van der Waals surface area (Å²) in [7, 11) is 1.61. The number of carbonyl (C=O) groups excluding carboxylic acids is 2. The molecule has 1 saturated heterocycles. The van der Waals surface area contributed by atoms with Gasteiger partial charge in [0.1, 0.15) is 18.5 Å². The van der Waals surface area contributed by atoms with E-state index in [0.717, 1.165) is 16.9 Å². The topological polar surface area (TPSA) is 88.1 Å². The number of benzene rings is 2. The van der Waals surface area contributed by atoms with Crippen molar-refractivity contribution in [3.63, 3.8) is 0 Å². The lowest BCUT2D eigenvalue weighted by molar-refractivity contribution is -0.162. The molecule has 1 fully saturated rings. The molecule has 2 N–H and O–H groups in total. The highest BCUT2D eigenvalue weighted by atomic mass is 16.5. The molecule has 0 bridgehead atoms. The Morgan fingerprint density at radius 2 is 1.87 bits per heavy atom. The average Bonchev–Trinajstić information content (AvgIpc) is 2.75. The van der Waals surface area contributed by atoms with Crippen LogP contribution in [-0.4, -0.2) is 48.2 Å². The minimum atomic E-state index is -0.510. The number of nitrogens with zero attached hydrogens (tertiary/aromatic N) is 1. The summed E-state index contributed by atoms with van der Waals surface area (Å²) in [6.45, 7) is 4.09. The van der Waals surface area contributed by atoms with Crippen LogP contribution in [0.5, 0.6) is 5.75 Å². The van der Waals surface area contributed by atoms with Crippen molar-refractivity contribution < 1.29 is 24.2 Å². The first-order chi connectivity index (χ1) is 14.9. The summed E-state index contributed by atoms with van der Waals surface area (Å²) >= 11 is 0. The first-order valence-corrected chi connectivity index (χ1v) is 10.5. The Morgan fingerprint density at radius 3 is 2.45 bits per heavy atom. The minimum Gasteiger partial charge on any atom is -0.497 e. The maximum absolute atomic E-state index is 12.5. The number of nitrogens with one attached hydrogen (secondary N) is 1. The van der Waals surface area contributed by atoms with E-state index in [2.05, 4.69) is 5.32 Å². The third kappa shape index (κ3) is 5.83. The number of hydrogen-bond donors (Lipinski definition) is 2. The first kappa shape index (κ1) is 22.8. The summed E-state index contributed by atoms with van der Waals surface area (Å²) in [5.74, 6) is 0.841. The number of methoxy groups -OCH3 is 1. The van der Waals surface area contributed by atoms with Crippen LogP contribution in [-0.2, 0) is 20.9 Å². The summed E-state index contributed by atoms with van der Waals surface area (Å²) < 4.78 is 11.0. The molecule has 1 heterocycles. The number of aliphatic hydroxyl groups excluding tert-OH is 1. The van der Waals surface area contributed by atoms with Gasteiger partial charge in [-0.15, -0.1) is 0 Å². The zero-order valence-electron chi connectivity index (χ0n) is 18.2. The molecule has 31 heavy (non-hydrogen) atoms. The van der Waals surface area contributed by atoms with Crippen molar-refractivity contribution in [1.29, 1.82) is 0 Å². The van der Waals surface area contributed by atoms with Gasteiger partial charge in [-0.05, 0) is 41.3 Å². The van der Waals surface area contributed by atoms with Crippen LogP contribution in [0.15, 0.2) is 48.5 Å². The molecule has 1 aliphatic heterocycles. The first-order valence-electron chi connectivity index (χ1n) is 10.5. The maximum Gasteiger partial charge on any atom is 0.249 e. The molecule has 1 aliphatic rings. The Bertz CT molecular complexity index is 880. The number of hydrogen-bond acceptors (Lipinski definition) is 5. The maximum atomic E-state index is 12.5. The average molecular weight is 427 g/mol. The van der Waals surface area contributed by atoms with E-state index in [4.69, 9.17) is 9.47 Å². The standard InChI is InChI=1S/C24H30N2O5/c1-16(2)12-22(28)25-19-8-6-18(7-9-19)24-21(14-27)26(23(29)15-31-24)13-17-4-10-20(30-3)11-5-17/h4-11,16,21,24,27H,12-15H2,1-3H3,(H,25,28)/t21-,24-/m1/s1. The Kier molecular flexibility index (Phi) is 7.65. The largest absolute Gasteiger partial charge is 0.497 e. The minimum absolute atomic E-state index is 0.0267. The van der Waals surface area contributed by atoms with Gasteiger partial charge in [0.2, 0.25) is 11.8 Å². The number of ether oxygens (including phenoxy) is 2. The van der Waals surface area contributed by atoms with Crippen LogP contribution in [0.2, 0.25) is 0 Å². The summed E-state index contributed by atoms with van der Waals surface area (Å²) in [5.41, 5.74) is 2.49. The third-order valence-electron chi connectivity index (χ3n) is 5.27. The van der Waals surface area contributed by atoms with E-state index >= 15 is 0 Å². The van der Waals surface area contributed by atoms with Gasteiger partial charge in [-0.2, -0.15) is 0 Å². The Labute approximate surface area is 183 Å². The molecule has 7 heteroatoms. The van der Waals surface area contributed by atoms with Gasteiger partial charge in [0.25, 0.3) is 0 Å². The highest BCUT2D eigenvalue weighted by molar-refractivity contribution is 5.90. The van der Waals surface area contributed by atoms with E-state index in [9.17, 15) is 14.7 Å². The molecule has 2 amide bonds. The van der Waals surface area contributed by atoms with Crippen LogP contribution < -0.4 is 10.1 Å². The normalized spacial score (nSPS) is 18.9. The van der Waals surface area contributed by atoms with Crippen molar-refractivity contribution in [2.24, 2.45) is 5.92 Å². The molecule has 166 valence electrons. The molecular weight excluding hydrogens is 396 g/mol. The SMILES string of the molecule is COc1ccc(CN2C(=O)CO[C@H](c3ccc(NC(=O)CC(C)C)cc3)[C@H]2CO)cc1. The lowest BCUT2D eigenvalue weighted by Gasteiger charge is -2.40. The molecule has 0 aliphatic carbocycles. The molecule has 0 spiro atoms. The summed E-state index contributed by atoms with van der Waals surface area (Å²) in [6, 6.07) is 14.3. The second kappa shape index (κ2) is 10.4. The molecule has 2 aromatic carbocycles. The Morgan fingerprint density at radius 1 is 1.19 bits per heavy atom. The molecule has 0 unspecified atom stereocenters. The van der Waals surface area contributed by atoms with Crippen molar-refractivity contribution in [3.8, 4) is 5.75 Å². The number of carbonyl (C=O) groups is 2. The van der Waals surface area contributed by atoms with E-state index < -0.39 is 12.1 Å². The summed E-state index contributed by atoms with van der Waals surface area (Å²) in [5, 5.41) is 13.0. The van der Waals surface area contributed by atoms with Gasteiger partial charge in [-0.1, -0.05) is 38.1 Å². The molecule has 2 atom stereocenters. The summed E-state index contributed by atoms with van der Waals surface area (Å²) in [4.78, 5) is 26.2. The zero-order chi connectivity index (χ0) is 22.4. The number of anilines is 1. The van der Waals surface area contributed by atoms with Crippen LogP contribution >= 0.6 is 0 Å². The number of morpholine rings is 1. The molecule has 2 aromatic rings. The van der Waals surface area contributed by atoms with E-state index in [1.807, 2.05) is 62.4 Å². The summed E-state index contributed by atoms with van der Waals surface area (Å²) in [6.07, 6.45) is 0.00375. The predicted molar refractivity (Wildman–Crippen MR) is 118 cm³/mol. The monoisotopic (exact) mass is 426 g/mol. The predicted octanol–water partition coefficient (Wildman–Crippen LogP) is 3.14. The van der Waals surface area contributed by atoms with E-state index in [1.165, 1.54) is 0 Å². The quantitative estimate of drug-likeness (QED) is 0.677. The Hall–Kier alpha value is -2.90. The highest BCUT2D eigenvalue weighted by Gasteiger charge is 2.37. The Balaban J connectivity index is 1.73. The van der Waals surface area contributed by atoms with E-state index in [-0.39, 0.29) is 30.9 Å². The second-order valence-corrected chi connectivity index (χ2v) is 8.12. The zero-order valence-corrected chi connectivity index (χ0v) is 18.2. The van der Waals surface area contributed by atoms with Crippen molar-refractivity contribution in [3.05, 3.63) is 59.7 Å². The second-order valence-electron chi connectivity index (χ2n) is 8.12. The fourth-order valence-electron chi connectivity index (χ4n) is 3.69. The third-order valence-corrected chi connectivity index (χ3v) is 5.27. The molecule has 7 nitrogen and oxygen atoms in total. The lowest BCUT2D eigenvalue weighted by Crippen LogP contribution is -2.52. The van der Waals surface area contributed by atoms with Crippen LogP contribution in [0.4, 0.5) is 5.69 Å². The van der Waals surface area contributed by atoms with Crippen molar-refractivity contribution in [2.75, 3.05) is 25.6 Å². The van der Waals surface area contributed by atoms with Crippen LogP contribution in [0.25, 0.3) is 0 Å². The van der Waals surface area contributed by atoms with Crippen LogP contribution in [0.3, 0.4) is 0 Å². The lowest BCUT2D eigenvalue weighted by atomic mass is 9.98. The van der Waals surface area contributed by atoms with E-state index in [1.54, 1.807) is 12.0 Å². The van der Waals surface area contributed by atoms with Gasteiger partial charge in [0.05, 0.1) is 19.8 Å². The van der Waals surface area contributed by atoms with Crippen molar-refractivity contribution in [2.45, 2.75) is 39.0 Å². The molecule has 0 aromatic heterocycles. The van der Waals surface area contributed by atoms with Gasteiger partial charge in [0.15, 0.2) is 0 Å². The van der Waals surface area contributed by atoms with Gasteiger partial charge < -0.3 is 24.8 Å². The fraction of sp³-hybridized carbons (Fsp3) is 0.417. The van der Waals surface area contributed by atoms with Crippen LogP contribution in [0.1, 0.15) is 37.5 Å². The molecular formula is C24H30N2O5. The molecule has 0 radical (unpaired) electrons. The number of rotatable bonds is 8. The van der Waals surface area contributed by atoms with Crippen molar-refractivity contribution >= 4 is 17.5 Å². The number of amides is 2.